The number of allylic oxidation sites excluding steroid dienone is 6. The number of rotatable bonds is 7. The summed E-state index contributed by atoms with van der Waals surface area (Å²) in [5.74, 6) is -0.761. The number of carboxylic acids is 1. The van der Waals surface area contributed by atoms with Gasteiger partial charge in [-0.15, -0.1) is 0 Å². The average Bonchev–Trinajstić information content (AvgIpc) is 2.41. The Morgan fingerprint density at radius 3 is 2.77 bits per heavy atom. The molecule has 0 aromatic rings. The molecular weight excluding hydrogens is 274 g/mol. The van der Waals surface area contributed by atoms with Crippen LogP contribution in [0, 0.1) is 5.41 Å². The Hall–Kier alpha value is -1.64. The van der Waals surface area contributed by atoms with E-state index in [0.717, 1.165) is 5.57 Å². The second-order valence-electron chi connectivity index (χ2n) is 6.73. The van der Waals surface area contributed by atoms with E-state index in [1.807, 2.05) is 6.08 Å². The van der Waals surface area contributed by atoms with Gasteiger partial charge in [0, 0.05) is 19.2 Å². The largest absolute Gasteiger partial charge is 0.481 e. The third-order valence-corrected chi connectivity index (χ3v) is 4.18. The molecule has 0 saturated carbocycles. The van der Waals surface area contributed by atoms with E-state index in [0.29, 0.717) is 13.0 Å². The van der Waals surface area contributed by atoms with Gasteiger partial charge in [-0.1, -0.05) is 31.6 Å². The zero-order valence-electron chi connectivity index (χ0n) is 14.4. The number of aliphatic carboxylic acids is 1. The Morgan fingerprint density at radius 2 is 2.14 bits per heavy atom. The maximum absolute atomic E-state index is 10.4. The molecule has 1 rings (SSSR count). The smallest absolute Gasteiger partial charge is 0.303 e. The third-order valence-electron chi connectivity index (χ3n) is 4.18. The Bertz CT molecular complexity index is 508. The molecule has 0 amide bonds. The summed E-state index contributed by atoms with van der Waals surface area (Å²) < 4.78 is 0. The van der Waals surface area contributed by atoms with Crippen molar-refractivity contribution in [3.05, 3.63) is 34.9 Å². The van der Waals surface area contributed by atoms with Gasteiger partial charge < -0.3 is 5.11 Å². The molecule has 0 aromatic carbocycles. The van der Waals surface area contributed by atoms with Crippen LogP contribution in [0.25, 0.3) is 0 Å². The highest BCUT2D eigenvalue weighted by Gasteiger charge is 2.26. The maximum Gasteiger partial charge on any atom is 0.303 e. The number of nitrogens with zero attached hydrogens (tertiary/aromatic N) is 1. The van der Waals surface area contributed by atoms with Crippen molar-refractivity contribution in [3.63, 3.8) is 0 Å². The topological polar surface area (TPSA) is 49.7 Å². The molecule has 0 atom stereocenters. The van der Waals surface area contributed by atoms with E-state index < -0.39 is 5.97 Å². The van der Waals surface area contributed by atoms with Crippen molar-refractivity contribution in [2.24, 2.45) is 10.4 Å². The summed E-state index contributed by atoms with van der Waals surface area (Å²) in [6.07, 6.45) is 12.7. The summed E-state index contributed by atoms with van der Waals surface area (Å²) in [6.45, 7) is 9.50. The molecule has 22 heavy (non-hydrogen) atoms. The molecule has 0 fully saturated rings. The predicted molar refractivity (Wildman–Crippen MR) is 93.5 cm³/mol. The molecule has 0 radical (unpaired) electrons. The van der Waals surface area contributed by atoms with Crippen LogP contribution in [0.15, 0.2) is 39.9 Å². The fraction of sp³-hybridized carbons (Fsp3) is 0.579. The number of carbonyl (C=O) groups is 1. The fourth-order valence-corrected chi connectivity index (χ4v) is 2.85. The van der Waals surface area contributed by atoms with Gasteiger partial charge in [-0.3, -0.25) is 9.79 Å². The van der Waals surface area contributed by atoms with Gasteiger partial charge in [0.1, 0.15) is 0 Å². The molecule has 0 bridgehead atoms. The number of hydrogen-bond donors (Lipinski definition) is 1. The second-order valence-corrected chi connectivity index (χ2v) is 6.73. The lowest BCUT2D eigenvalue weighted by molar-refractivity contribution is -0.137. The first-order chi connectivity index (χ1) is 10.3. The third kappa shape index (κ3) is 6.42. The van der Waals surface area contributed by atoms with Crippen molar-refractivity contribution in [2.45, 2.75) is 59.8 Å². The van der Waals surface area contributed by atoms with Gasteiger partial charge in [-0.2, -0.15) is 0 Å². The molecule has 0 unspecified atom stereocenters. The Balaban J connectivity index is 2.56. The molecule has 1 aliphatic rings. The van der Waals surface area contributed by atoms with E-state index in [2.05, 4.69) is 44.8 Å². The van der Waals surface area contributed by atoms with Gasteiger partial charge in [0.2, 0.25) is 0 Å². The Labute approximate surface area is 134 Å². The molecule has 122 valence electrons. The molecule has 0 spiro atoms. The molecule has 0 aromatic heterocycles. The van der Waals surface area contributed by atoms with Crippen molar-refractivity contribution >= 4 is 12.2 Å². The van der Waals surface area contributed by atoms with Crippen molar-refractivity contribution in [1.29, 1.82) is 0 Å². The molecule has 0 saturated heterocycles. The molecule has 0 heterocycles. The van der Waals surface area contributed by atoms with E-state index >= 15 is 0 Å². The Morgan fingerprint density at radius 1 is 1.41 bits per heavy atom. The quantitative estimate of drug-likeness (QED) is 0.411. The van der Waals surface area contributed by atoms with E-state index in [4.69, 9.17) is 5.11 Å². The summed E-state index contributed by atoms with van der Waals surface area (Å²) in [7, 11) is 0. The first kappa shape index (κ1) is 18.4. The van der Waals surface area contributed by atoms with Crippen molar-refractivity contribution in [1.82, 2.24) is 0 Å². The monoisotopic (exact) mass is 303 g/mol. The van der Waals surface area contributed by atoms with Crippen LogP contribution in [0.3, 0.4) is 0 Å². The van der Waals surface area contributed by atoms with Crippen LogP contribution >= 0.6 is 0 Å². The van der Waals surface area contributed by atoms with Crippen molar-refractivity contribution in [3.8, 4) is 0 Å². The lowest BCUT2D eigenvalue weighted by Gasteiger charge is -2.32. The first-order valence-corrected chi connectivity index (χ1v) is 8.10. The van der Waals surface area contributed by atoms with Crippen LogP contribution < -0.4 is 0 Å². The van der Waals surface area contributed by atoms with E-state index in [-0.39, 0.29) is 11.8 Å². The molecule has 0 aliphatic heterocycles. The van der Waals surface area contributed by atoms with E-state index in [1.165, 1.54) is 30.4 Å². The van der Waals surface area contributed by atoms with Crippen LogP contribution in [0.1, 0.15) is 59.8 Å². The van der Waals surface area contributed by atoms with Gasteiger partial charge in [-0.25, -0.2) is 0 Å². The number of aliphatic imine (C=N–C) groups is 1. The molecule has 1 N–H and O–H groups in total. The first-order valence-electron chi connectivity index (χ1n) is 8.10. The van der Waals surface area contributed by atoms with Gasteiger partial charge >= 0.3 is 5.97 Å². The molecular formula is C19H29NO2. The SMILES string of the molecule is CC1=C(/C=C/C(C)=C/C=NCCCC(=O)O)C(C)(C)CCC1. The minimum Gasteiger partial charge on any atom is -0.481 e. The number of carboxylic acid groups (broad SMARTS) is 1. The highest BCUT2D eigenvalue weighted by molar-refractivity contribution is 5.73. The molecule has 3 heteroatoms. The number of hydrogen-bond acceptors (Lipinski definition) is 2. The average molecular weight is 303 g/mol. The summed E-state index contributed by atoms with van der Waals surface area (Å²) in [4.78, 5) is 14.6. The van der Waals surface area contributed by atoms with Crippen LogP contribution in [-0.4, -0.2) is 23.8 Å². The minimum atomic E-state index is -0.761. The second kappa shape index (κ2) is 8.72. The van der Waals surface area contributed by atoms with Crippen LogP contribution in [0.4, 0.5) is 0 Å². The van der Waals surface area contributed by atoms with Gasteiger partial charge in [-0.05, 0) is 62.2 Å². The van der Waals surface area contributed by atoms with E-state index in [9.17, 15) is 4.79 Å². The highest BCUT2D eigenvalue weighted by atomic mass is 16.4. The summed E-state index contributed by atoms with van der Waals surface area (Å²) in [5, 5.41) is 8.54. The molecule has 3 nitrogen and oxygen atoms in total. The lowest BCUT2D eigenvalue weighted by Crippen LogP contribution is -2.19. The minimum absolute atomic E-state index is 0.183. The van der Waals surface area contributed by atoms with Gasteiger partial charge in [0.25, 0.3) is 0 Å². The van der Waals surface area contributed by atoms with Crippen molar-refractivity contribution < 1.29 is 9.90 Å². The van der Waals surface area contributed by atoms with Gasteiger partial charge in [0.15, 0.2) is 0 Å². The fourth-order valence-electron chi connectivity index (χ4n) is 2.85. The lowest BCUT2D eigenvalue weighted by atomic mass is 9.72. The highest BCUT2D eigenvalue weighted by Crippen LogP contribution is 2.40. The normalized spacial score (nSPS) is 19.4. The zero-order valence-corrected chi connectivity index (χ0v) is 14.4. The van der Waals surface area contributed by atoms with Crippen LogP contribution in [0.5, 0.6) is 0 Å². The summed E-state index contributed by atoms with van der Waals surface area (Å²) in [6, 6.07) is 0. The standard InChI is InChI=1S/C19H29NO2/c1-15(11-14-20-13-6-8-18(21)22)9-10-17-16(2)7-5-12-19(17,3)4/h9-11,14H,5-8,12-13H2,1-4H3,(H,21,22)/b10-9+,15-11+,20-14?. The van der Waals surface area contributed by atoms with Crippen LogP contribution in [-0.2, 0) is 4.79 Å². The van der Waals surface area contributed by atoms with Crippen molar-refractivity contribution in [2.75, 3.05) is 6.54 Å². The van der Waals surface area contributed by atoms with E-state index in [1.54, 1.807) is 6.21 Å². The maximum atomic E-state index is 10.4. The van der Waals surface area contributed by atoms with Crippen LogP contribution in [0.2, 0.25) is 0 Å². The zero-order chi connectivity index (χ0) is 16.6. The predicted octanol–water partition coefficient (Wildman–Crippen LogP) is 4.95. The Kier molecular flexibility index (Phi) is 7.30. The van der Waals surface area contributed by atoms with Gasteiger partial charge in [0.05, 0.1) is 0 Å². The summed E-state index contributed by atoms with van der Waals surface area (Å²) in [5.41, 5.74) is 4.39. The summed E-state index contributed by atoms with van der Waals surface area (Å²) >= 11 is 0. The molecule has 1 aliphatic carbocycles.